The first-order valence-electron chi connectivity index (χ1n) is 8.88. The van der Waals surface area contributed by atoms with Crippen molar-refractivity contribution in [3.8, 4) is 23.1 Å². The molecule has 1 saturated heterocycles. The van der Waals surface area contributed by atoms with Crippen LogP contribution in [0.4, 0.5) is 0 Å². The maximum absolute atomic E-state index is 5.49. The highest BCUT2D eigenvalue weighted by atomic mass is 16.5. The van der Waals surface area contributed by atoms with Gasteiger partial charge in [0.15, 0.2) is 11.6 Å². The average molecular weight is 361 g/mol. The quantitative estimate of drug-likeness (QED) is 0.744. The maximum Gasteiger partial charge on any atom is 0.227 e. The highest BCUT2D eigenvalue weighted by Crippen LogP contribution is 2.33. The smallest absolute Gasteiger partial charge is 0.227 e. The van der Waals surface area contributed by atoms with Crippen LogP contribution in [-0.2, 0) is 11.2 Å². The Morgan fingerprint density at radius 3 is 2.50 bits per heavy atom. The van der Waals surface area contributed by atoms with E-state index in [0.29, 0.717) is 30.8 Å². The van der Waals surface area contributed by atoms with Crippen LogP contribution in [0.2, 0.25) is 0 Å². The Balaban J connectivity index is 2.00. The van der Waals surface area contributed by atoms with Crippen LogP contribution in [0.5, 0.6) is 11.8 Å². The van der Waals surface area contributed by atoms with Crippen LogP contribution >= 0.6 is 0 Å². The fourth-order valence-corrected chi connectivity index (χ4v) is 3.21. The Morgan fingerprint density at radius 1 is 1.08 bits per heavy atom. The second-order valence-corrected chi connectivity index (χ2v) is 6.48. The molecule has 0 spiro atoms. The summed E-state index contributed by atoms with van der Waals surface area (Å²) in [6.07, 6.45) is 2.76. The zero-order valence-corrected chi connectivity index (χ0v) is 15.9. The number of aromatic nitrogens is 4. The third-order valence-corrected chi connectivity index (χ3v) is 4.72. The third-order valence-electron chi connectivity index (χ3n) is 4.72. The molecule has 0 N–H and O–H groups in total. The molecule has 3 heterocycles. The molecule has 1 aliphatic heterocycles. The van der Waals surface area contributed by atoms with Crippen molar-refractivity contribution in [1.29, 1.82) is 0 Å². The summed E-state index contributed by atoms with van der Waals surface area (Å²) in [5.41, 5.74) is 0.823. The van der Waals surface area contributed by atoms with Gasteiger partial charge in [0.25, 0.3) is 0 Å². The van der Waals surface area contributed by atoms with Crippen molar-refractivity contribution in [3.05, 3.63) is 18.0 Å². The zero-order valence-electron chi connectivity index (χ0n) is 15.9. The van der Waals surface area contributed by atoms with Gasteiger partial charge in [-0.3, -0.25) is 0 Å². The molecule has 0 unspecified atom stereocenters. The number of likely N-dealkylation sites (tertiary alicyclic amines) is 1. The predicted octanol–water partition coefficient (Wildman–Crippen LogP) is 1.81. The van der Waals surface area contributed by atoms with Crippen LogP contribution in [-0.4, -0.2) is 72.7 Å². The highest BCUT2D eigenvalue weighted by molar-refractivity contribution is 5.62. The summed E-state index contributed by atoms with van der Waals surface area (Å²) >= 11 is 0. The van der Waals surface area contributed by atoms with E-state index < -0.39 is 0 Å². The van der Waals surface area contributed by atoms with Crippen molar-refractivity contribution in [1.82, 2.24) is 24.6 Å². The highest BCUT2D eigenvalue weighted by Gasteiger charge is 2.25. The van der Waals surface area contributed by atoms with E-state index in [1.807, 2.05) is 16.8 Å². The van der Waals surface area contributed by atoms with E-state index in [0.717, 1.165) is 43.1 Å². The summed E-state index contributed by atoms with van der Waals surface area (Å²) in [5, 5.41) is 4.78. The molecular weight excluding hydrogens is 334 g/mol. The molecule has 2 aromatic rings. The molecule has 8 heteroatoms. The molecule has 0 saturated carbocycles. The second-order valence-electron chi connectivity index (χ2n) is 6.48. The molecule has 0 aliphatic carbocycles. The minimum Gasteiger partial charge on any atom is -0.481 e. The molecule has 0 aromatic carbocycles. The van der Waals surface area contributed by atoms with Gasteiger partial charge in [-0.25, -0.2) is 9.67 Å². The molecule has 1 fully saturated rings. The summed E-state index contributed by atoms with van der Waals surface area (Å²) in [4.78, 5) is 11.5. The molecule has 8 nitrogen and oxygen atoms in total. The molecule has 0 bridgehead atoms. The SMILES string of the molecule is COCCc1nc(-c2ccc(OC)nc2OC)n(C2CCN(C)CC2)n1. The van der Waals surface area contributed by atoms with Gasteiger partial charge in [-0.1, -0.05) is 0 Å². The second kappa shape index (κ2) is 8.46. The largest absolute Gasteiger partial charge is 0.481 e. The van der Waals surface area contributed by atoms with Crippen LogP contribution in [0.25, 0.3) is 11.4 Å². The summed E-state index contributed by atoms with van der Waals surface area (Å²) < 4.78 is 17.9. The number of ether oxygens (including phenoxy) is 3. The summed E-state index contributed by atoms with van der Waals surface area (Å²) in [6.45, 7) is 2.69. The van der Waals surface area contributed by atoms with E-state index in [1.165, 1.54) is 0 Å². The van der Waals surface area contributed by atoms with Gasteiger partial charge in [0, 0.05) is 19.6 Å². The predicted molar refractivity (Wildman–Crippen MR) is 97.7 cm³/mol. The lowest BCUT2D eigenvalue weighted by Gasteiger charge is -2.29. The molecule has 3 rings (SSSR count). The van der Waals surface area contributed by atoms with Gasteiger partial charge in [-0.15, -0.1) is 0 Å². The number of methoxy groups -OCH3 is 3. The van der Waals surface area contributed by atoms with Crippen LogP contribution < -0.4 is 9.47 Å². The monoisotopic (exact) mass is 361 g/mol. The van der Waals surface area contributed by atoms with Gasteiger partial charge in [0.05, 0.1) is 32.4 Å². The number of piperidine rings is 1. The van der Waals surface area contributed by atoms with E-state index in [9.17, 15) is 0 Å². The number of hydrogen-bond donors (Lipinski definition) is 0. The van der Waals surface area contributed by atoms with Crippen LogP contribution in [0.1, 0.15) is 24.7 Å². The zero-order chi connectivity index (χ0) is 18.5. The van der Waals surface area contributed by atoms with Crippen molar-refractivity contribution < 1.29 is 14.2 Å². The first kappa shape index (κ1) is 18.6. The molecule has 0 amide bonds. The molecular formula is C18H27N5O3. The maximum atomic E-state index is 5.49. The molecule has 2 aromatic heterocycles. The normalized spacial score (nSPS) is 16.0. The molecule has 0 atom stereocenters. The Kier molecular flexibility index (Phi) is 6.05. The van der Waals surface area contributed by atoms with E-state index in [-0.39, 0.29) is 0 Å². The summed E-state index contributed by atoms with van der Waals surface area (Å²) in [5.74, 6) is 2.57. The van der Waals surface area contributed by atoms with E-state index in [1.54, 1.807) is 21.3 Å². The Morgan fingerprint density at radius 2 is 1.85 bits per heavy atom. The summed E-state index contributed by atoms with van der Waals surface area (Å²) in [7, 11) is 7.03. The number of pyridine rings is 1. The van der Waals surface area contributed by atoms with Crippen molar-refractivity contribution in [3.63, 3.8) is 0 Å². The lowest BCUT2D eigenvalue weighted by molar-refractivity contribution is 0.198. The lowest BCUT2D eigenvalue weighted by atomic mass is 10.1. The van der Waals surface area contributed by atoms with Gasteiger partial charge < -0.3 is 19.1 Å². The summed E-state index contributed by atoms with van der Waals surface area (Å²) in [6, 6.07) is 4.07. The van der Waals surface area contributed by atoms with Gasteiger partial charge in [-0.2, -0.15) is 10.1 Å². The minimum atomic E-state index is 0.316. The van der Waals surface area contributed by atoms with E-state index >= 15 is 0 Å². The molecule has 0 radical (unpaired) electrons. The molecule has 1 aliphatic rings. The molecule has 26 heavy (non-hydrogen) atoms. The fraction of sp³-hybridized carbons (Fsp3) is 0.611. The Bertz CT molecular complexity index is 726. The van der Waals surface area contributed by atoms with Crippen molar-refractivity contribution >= 4 is 0 Å². The topological polar surface area (TPSA) is 74.5 Å². The van der Waals surface area contributed by atoms with Crippen LogP contribution in [0.3, 0.4) is 0 Å². The third kappa shape index (κ3) is 3.96. The van der Waals surface area contributed by atoms with Crippen LogP contribution in [0, 0.1) is 0 Å². The molecule has 142 valence electrons. The van der Waals surface area contributed by atoms with Crippen molar-refractivity contribution in [2.75, 3.05) is 48.1 Å². The van der Waals surface area contributed by atoms with Gasteiger partial charge in [0.1, 0.15) is 0 Å². The minimum absolute atomic E-state index is 0.316. The van der Waals surface area contributed by atoms with Gasteiger partial charge in [-0.05, 0) is 39.0 Å². The van der Waals surface area contributed by atoms with E-state index in [4.69, 9.17) is 24.3 Å². The van der Waals surface area contributed by atoms with E-state index in [2.05, 4.69) is 16.9 Å². The van der Waals surface area contributed by atoms with Crippen molar-refractivity contribution in [2.45, 2.75) is 25.3 Å². The van der Waals surface area contributed by atoms with Gasteiger partial charge >= 0.3 is 0 Å². The average Bonchev–Trinajstić information content (AvgIpc) is 3.10. The van der Waals surface area contributed by atoms with Gasteiger partial charge in [0.2, 0.25) is 11.8 Å². The first-order valence-corrected chi connectivity index (χ1v) is 8.88. The number of nitrogens with zero attached hydrogens (tertiary/aromatic N) is 5. The first-order chi connectivity index (χ1) is 12.7. The van der Waals surface area contributed by atoms with Crippen LogP contribution in [0.15, 0.2) is 12.1 Å². The standard InChI is InChI=1S/C18H27N5O3/c1-22-10-7-13(8-11-22)23-17(19-15(21-23)9-12-24-2)14-5-6-16(25-3)20-18(14)26-4/h5-6,13H,7-12H2,1-4H3. The van der Waals surface area contributed by atoms with Crippen molar-refractivity contribution in [2.24, 2.45) is 0 Å². The lowest BCUT2D eigenvalue weighted by Crippen LogP contribution is -2.32. The Labute approximate surface area is 154 Å². The fourth-order valence-electron chi connectivity index (χ4n) is 3.21. The number of hydrogen-bond acceptors (Lipinski definition) is 7. The number of rotatable bonds is 7. The Hall–Kier alpha value is -2.19.